The van der Waals surface area contributed by atoms with Crippen molar-refractivity contribution in [1.29, 1.82) is 0 Å². The van der Waals surface area contributed by atoms with Crippen molar-refractivity contribution in [1.82, 2.24) is 10.3 Å². The van der Waals surface area contributed by atoms with E-state index in [-0.39, 0.29) is 0 Å². The van der Waals surface area contributed by atoms with Gasteiger partial charge in [-0.15, -0.1) is 0 Å². The van der Waals surface area contributed by atoms with Crippen LogP contribution >= 0.6 is 0 Å². The molecule has 0 aliphatic carbocycles. The molecule has 1 aromatic heterocycles. The Kier molecular flexibility index (Phi) is 2.39. The number of aliphatic hydroxyl groups is 1. The summed E-state index contributed by atoms with van der Waals surface area (Å²) in [7, 11) is 1.61. The van der Waals surface area contributed by atoms with Gasteiger partial charge in [0.2, 0.25) is 0 Å². The number of rotatable bonds is 3. The molecule has 0 spiro atoms. The molecule has 4 heteroatoms. The van der Waals surface area contributed by atoms with Crippen molar-refractivity contribution in [2.75, 3.05) is 20.2 Å². The number of hydrogen-bond acceptors (Lipinski definition) is 4. The molecular formula is C10H14N2O2. The number of nitrogens with one attached hydrogen (secondary N) is 1. The van der Waals surface area contributed by atoms with Gasteiger partial charge < -0.3 is 15.2 Å². The van der Waals surface area contributed by atoms with E-state index in [4.69, 9.17) is 4.74 Å². The quantitative estimate of drug-likeness (QED) is 0.709. The van der Waals surface area contributed by atoms with E-state index in [1.54, 1.807) is 13.3 Å². The number of pyridine rings is 1. The molecule has 76 valence electrons. The highest BCUT2D eigenvalue weighted by Gasteiger charge is 2.35. The van der Waals surface area contributed by atoms with Crippen LogP contribution in [0, 0.1) is 0 Å². The first-order valence-corrected chi connectivity index (χ1v) is 4.64. The average Bonchev–Trinajstić information content (AvgIpc) is 2.16. The number of methoxy groups -OCH3 is 1. The molecule has 2 rings (SSSR count). The molecule has 1 aromatic rings. The molecule has 0 saturated carbocycles. The Bertz CT molecular complexity index is 324. The highest BCUT2D eigenvalue weighted by Crippen LogP contribution is 2.22. The monoisotopic (exact) mass is 194 g/mol. The van der Waals surface area contributed by atoms with Crippen LogP contribution in [0.25, 0.3) is 0 Å². The molecular weight excluding hydrogens is 180 g/mol. The van der Waals surface area contributed by atoms with E-state index in [9.17, 15) is 5.11 Å². The van der Waals surface area contributed by atoms with Gasteiger partial charge in [0.25, 0.3) is 0 Å². The Morgan fingerprint density at radius 3 is 3.00 bits per heavy atom. The van der Waals surface area contributed by atoms with E-state index in [0.29, 0.717) is 19.5 Å². The minimum absolute atomic E-state index is 0.546. The summed E-state index contributed by atoms with van der Waals surface area (Å²) in [6.45, 7) is 1.26. The molecule has 0 unspecified atom stereocenters. The number of aromatic nitrogens is 1. The van der Waals surface area contributed by atoms with Crippen LogP contribution in [-0.4, -0.2) is 35.9 Å². The first-order chi connectivity index (χ1) is 6.73. The van der Waals surface area contributed by atoms with E-state index in [2.05, 4.69) is 10.3 Å². The molecule has 1 saturated heterocycles. The van der Waals surface area contributed by atoms with Gasteiger partial charge in [-0.3, -0.25) is 4.98 Å². The van der Waals surface area contributed by atoms with Gasteiger partial charge in [0, 0.05) is 25.7 Å². The number of ether oxygens (including phenoxy) is 1. The van der Waals surface area contributed by atoms with Gasteiger partial charge in [-0.05, 0) is 12.1 Å². The van der Waals surface area contributed by atoms with E-state index in [1.807, 2.05) is 12.1 Å². The molecule has 0 amide bonds. The van der Waals surface area contributed by atoms with Crippen LogP contribution < -0.4 is 10.1 Å². The predicted molar refractivity (Wildman–Crippen MR) is 52.3 cm³/mol. The summed E-state index contributed by atoms with van der Waals surface area (Å²) in [4.78, 5) is 4.20. The minimum Gasteiger partial charge on any atom is -0.495 e. The molecule has 2 heterocycles. The summed E-state index contributed by atoms with van der Waals surface area (Å²) in [6.07, 6.45) is 2.26. The highest BCUT2D eigenvalue weighted by atomic mass is 16.5. The molecule has 1 aliphatic rings. The maximum Gasteiger partial charge on any atom is 0.140 e. The van der Waals surface area contributed by atoms with Gasteiger partial charge in [0.1, 0.15) is 5.75 Å². The lowest BCUT2D eigenvalue weighted by Gasteiger charge is -2.37. The van der Waals surface area contributed by atoms with E-state index in [0.717, 1.165) is 11.4 Å². The predicted octanol–water partition coefficient (Wildman–Crippen LogP) is -0.0330. The van der Waals surface area contributed by atoms with Crippen molar-refractivity contribution < 1.29 is 9.84 Å². The molecule has 1 fully saturated rings. The Hall–Kier alpha value is -1.13. The second-order valence-corrected chi connectivity index (χ2v) is 3.66. The van der Waals surface area contributed by atoms with Crippen molar-refractivity contribution >= 4 is 0 Å². The van der Waals surface area contributed by atoms with Crippen LogP contribution in [0.3, 0.4) is 0 Å². The van der Waals surface area contributed by atoms with E-state index in [1.165, 1.54) is 0 Å². The minimum atomic E-state index is -0.637. The first-order valence-electron chi connectivity index (χ1n) is 4.64. The molecule has 2 N–H and O–H groups in total. The fourth-order valence-corrected chi connectivity index (χ4v) is 1.59. The molecule has 0 radical (unpaired) electrons. The Morgan fingerprint density at radius 2 is 2.43 bits per heavy atom. The summed E-state index contributed by atoms with van der Waals surface area (Å²) in [5.41, 5.74) is 0.181. The van der Waals surface area contributed by atoms with Gasteiger partial charge >= 0.3 is 0 Å². The van der Waals surface area contributed by atoms with Gasteiger partial charge in [-0.2, -0.15) is 0 Å². The third-order valence-electron chi connectivity index (χ3n) is 2.47. The van der Waals surface area contributed by atoms with Crippen molar-refractivity contribution in [3.8, 4) is 5.75 Å². The van der Waals surface area contributed by atoms with Crippen molar-refractivity contribution in [2.24, 2.45) is 0 Å². The molecule has 0 aromatic carbocycles. The van der Waals surface area contributed by atoms with Crippen molar-refractivity contribution in [3.05, 3.63) is 24.0 Å². The Labute approximate surface area is 82.9 Å². The van der Waals surface area contributed by atoms with Gasteiger partial charge in [-0.1, -0.05) is 0 Å². The van der Waals surface area contributed by atoms with E-state index >= 15 is 0 Å². The van der Waals surface area contributed by atoms with Gasteiger partial charge in [0.15, 0.2) is 0 Å². The van der Waals surface area contributed by atoms with Crippen molar-refractivity contribution in [3.63, 3.8) is 0 Å². The standard InChI is InChI=1S/C10H14N2O2/c1-14-9-3-2-4-12-8(9)5-10(13)6-11-7-10/h2-4,11,13H,5-7H2,1H3. The topological polar surface area (TPSA) is 54.4 Å². The lowest BCUT2D eigenvalue weighted by Crippen LogP contribution is -2.60. The second kappa shape index (κ2) is 3.55. The maximum absolute atomic E-state index is 9.93. The molecule has 1 aliphatic heterocycles. The lowest BCUT2D eigenvalue weighted by atomic mass is 9.91. The summed E-state index contributed by atoms with van der Waals surface area (Å²) >= 11 is 0. The lowest BCUT2D eigenvalue weighted by molar-refractivity contribution is -0.0103. The number of hydrogen-bond donors (Lipinski definition) is 2. The number of β-amino-alcohol motifs (C(OH)–C–C–N with tert-alkyl or cyclic N) is 1. The van der Waals surface area contributed by atoms with Gasteiger partial charge in [-0.25, -0.2) is 0 Å². The highest BCUT2D eigenvalue weighted by molar-refractivity contribution is 5.28. The zero-order valence-electron chi connectivity index (χ0n) is 8.16. The number of nitrogens with zero attached hydrogens (tertiary/aromatic N) is 1. The maximum atomic E-state index is 9.93. The largest absolute Gasteiger partial charge is 0.495 e. The van der Waals surface area contributed by atoms with Crippen LogP contribution in [0.5, 0.6) is 5.75 Å². The fraction of sp³-hybridized carbons (Fsp3) is 0.500. The summed E-state index contributed by atoms with van der Waals surface area (Å²) < 4.78 is 5.17. The third kappa shape index (κ3) is 1.71. The van der Waals surface area contributed by atoms with Crippen LogP contribution in [0.2, 0.25) is 0 Å². The van der Waals surface area contributed by atoms with E-state index < -0.39 is 5.60 Å². The zero-order valence-corrected chi connectivity index (χ0v) is 8.16. The SMILES string of the molecule is COc1cccnc1CC1(O)CNC1. The average molecular weight is 194 g/mol. The molecule has 4 nitrogen and oxygen atoms in total. The first kappa shape index (κ1) is 9.43. The van der Waals surface area contributed by atoms with Crippen LogP contribution in [-0.2, 0) is 6.42 Å². The summed E-state index contributed by atoms with van der Waals surface area (Å²) in [5.74, 6) is 0.743. The smallest absolute Gasteiger partial charge is 0.140 e. The summed E-state index contributed by atoms with van der Waals surface area (Å²) in [5, 5.41) is 13.0. The second-order valence-electron chi connectivity index (χ2n) is 3.66. The Balaban J connectivity index is 2.15. The van der Waals surface area contributed by atoms with Crippen LogP contribution in [0.15, 0.2) is 18.3 Å². The van der Waals surface area contributed by atoms with Crippen LogP contribution in [0.4, 0.5) is 0 Å². The Morgan fingerprint density at radius 1 is 1.64 bits per heavy atom. The molecule has 14 heavy (non-hydrogen) atoms. The van der Waals surface area contributed by atoms with Crippen molar-refractivity contribution in [2.45, 2.75) is 12.0 Å². The van der Waals surface area contributed by atoms with Gasteiger partial charge in [0.05, 0.1) is 18.4 Å². The fourth-order valence-electron chi connectivity index (χ4n) is 1.59. The van der Waals surface area contributed by atoms with Crippen LogP contribution in [0.1, 0.15) is 5.69 Å². The normalized spacial score (nSPS) is 18.7. The zero-order chi connectivity index (χ0) is 10.0. The summed E-state index contributed by atoms with van der Waals surface area (Å²) in [6, 6.07) is 3.68. The molecule has 0 atom stereocenters. The molecule has 0 bridgehead atoms. The third-order valence-corrected chi connectivity index (χ3v) is 2.47.